The molecule has 0 aliphatic carbocycles. The summed E-state index contributed by atoms with van der Waals surface area (Å²) in [6.07, 6.45) is 4.15. The molecule has 0 fully saturated rings. The van der Waals surface area contributed by atoms with Gasteiger partial charge in [-0.25, -0.2) is 4.68 Å². The van der Waals surface area contributed by atoms with Gasteiger partial charge < -0.3 is 11.1 Å². The second-order valence-corrected chi connectivity index (χ2v) is 4.38. The molecule has 0 saturated carbocycles. The Hall–Kier alpha value is -1.10. The maximum absolute atomic E-state index is 5.53. The molecule has 0 spiro atoms. The molecule has 2 unspecified atom stereocenters. The monoisotopic (exact) mass is 223 g/mol. The SMILES string of the molecule is CCC1CC(CC)n2nc(CCN)nc2N1. The number of anilines is 1. The molecule has 5 heteroatoms. The second kappa shape index (κ2) is 4.82. The standard InChI is InChI=1S/C11H21N5/c1-3-8-7-9(4-2)16-11(13-8)14-10(15-16)5-6-12/h8-9H,3-7,12H2,1-2H3,(H,13,14,15). The minimum absolute atomic E-state index is 0.486. The van der Waals surface area contributed by atoms with E-state index in [1.807, 2.05) is 4.68 Å². The van der Waals surface area contributed by atoms with Gasteiger partial charge >= 0.3 is 0 Å². The van der Waals surface area contributed by atoms with Gasteiger partial charge in [-0.2, -0.15) is 10.1 Å². The summed E-state index contributed by atoms with van der Waals surface area (Å²) in [7, 11) is 0. The maximum Gasteiger partial charge on any atom is 0.221 e. The van der Waals surface area contributed by atoms with Crippen LogP contribution >= 0.6 is 0 Å². The Labute approximate surface area is 96.4 Å². The molecule has 0 radical (unpaired) electrons. The van der Waals surface area contributed by atoms with Gasteiger partial charge in [0.2, 0.25) is 5.95 Å². The molecule has 1 aromatic rings. The van der Waals surface area contributed by atoms with Crippen molar-refractivity contribution >= 4 is 5.95 Å². The van der Waals surface area contributed by atoms with E-state index in [1.54, 1.807) is 0 Å². The lowest BCUT2D eigenvalue weighted by Gasteiger charge is -2.29. The van der Waals surface area contributed by atoms with Crippen LogP contribution in [0.15, 0.2) is 0 Å². The average Bonchev–Trinajstić information content (AvgIpc) is 2.70. The highest BCUT2D eigenvalue weighted by molar-refractivity contribution is 5.30. The van der Waals surface area contributed by atoms with Crippen molar-refractivity contribution in [2.24, 2.45) is 5.73 Å². The summed E-state index contributed by atoms with van der Waals surface area (Å²) in [5.74, 6) is 1.79. The molecule has 2 atom stereocenters. The number of nitrogens with zero attached hydrogens (tertiary/aromatic N) is 3. The van der Waals surface area contributed by atoms with Crippen LogP contribution in [0.4, 0.5) is 5.95 Å². The zero-order valence-electron chi connectivity index (χ0n) is 10.1. The molecule has 16 heavy (non-hydrogen) atoms. The summed E-state index contributed by atoms with van der Waals surface area (Å²) in [6, 6.07) is 1.02. The number of rotatable bonds is 4. The van der Waals surface area contributed by atoms with E-state index in [4.69, 9.17) is 5.73 Å². The largest absolute Gasteiger partial charge is 0.352 e. The number of nitrogens with one attached hydrogen (secondary N) is 1. The fourth-order valence-corrected chi connectivity index (χ4v) is 2.23. The van der Waals surface area contributed by atoms with Crippen molar-refractivity contribution in [1.29, 1.82) is 0 Å². The Morgan fingerprint density at radius 1 is 1.44 bits per heavy atom. The smallest absolute Gasteiger partial charge is 0.221 e. The van der Waals surface area contributed by atoms with Crippen LogP contribution in [-0.2, 0) is 6.42 Å². The molecule has 0 aromatic carbocycles. The van der Waals surface area contributed by atoms with Crippen LogP contribution in [0.1, 0.15) is 45.0 Å². The van der Waals surface area contributed by atoms with Gasteiger partial charge in [0.25, 0.3) is 0 Å². The van der Waals surface area contributed by atoms with E-state index < -0.39 is 0 Å². The van der Waals surface area contributed by atoms with Crippen molar-refractivity contribution < 1.29 is 0 Å². The van der Waals surface area contributed by atoms with Gasteiger partial charge in [0.15, 0.2) is 5.82 Å². The van der Waals surface area contributed by atoms with Crippen molar-refractivity contribution in [2.75, 3.05) is 11.9 Å². The van der Waals surface area contributed by atoms with Crippen LogP contribution in [-0.4, -0.2) is 27.4 Å². The van der Waals surface area contributed by atoms with Gasteiger partial charge in [0, 0.05) is 12.5 Å². The minimum Gasteiger partial charge on any atom is -0.352 e. The highest BCUT2D eigenvalue weighted by atomic mass is 15.4. The van der Waals surface area contributed by atoms with Crippen LogP contribution in [0.25, 0.3) is 0 Å². The van der Waals surface area contributed by atoms with E-state index in [2.05, 4.69) is 29.2 Å². The van der Waals surface area contributed by atoms with Gasteiger partial charge in [0.05, 0.1) is 6.04 Å². The third kappa shape index (κ3) is 2.04. The summed E-state index contributed by atoms with van der Waals surface area (Å²) >= 11 is 0. The molecular weight excluding hydrogens is 202 g/mol. The normalized spacial score (nSPS) is 23.9. The fourth-order valence-electron chi connectivity index (χ4n) is 2.23. The maximum atomic E-state index is 5.53. The Bertz CT molecular complexity index is 346. The topological polar surface area (TPSA) is 68.8 Å². The third-order valence-corrected chi connectivity index (χ3v) is 3.24. The van der Waals surface area contributed by atoms with Crippen molar-refractivity contribution in [1.82, 2.24) is 14.8 Å². The number of fused-ring (bicyclic) bond motifs is 1. The highest BCUT2D eigenvalue weighted by Crippen LogP contribution is 2.28. The lowest BCUT2D eigenvalue weighted by atomic mass is 10.0. The van der Waals surface area contributed by atoms with Gasteiger partial charge in [-0.3, -0.25) is 0 Å². The highest BCUT2D eigenvalue weighted by Gasteiger charge is 2.26. The summed E-state index contributed by atoms with van der Waals surface area (Å²) in [6.45, 7) is 5.02. The Morgan fingerprint density at radius 2 is 2.25 bits per heavy atom. The summed E-state index contributed by atoms with van der Waals surface area (Å²) in [5.41, 5.74) is 5.53. The van der Waals surface area contributed by atoms with E-state index in [0.29, 0.717) is 18.6 Å². The molecule has 0 saturated heterocycles. The molecule has 2 rings (SSSR count). The molecule has 90 valence electrons. The summed E-state index contributed by atoms with van der Waals surface area (Å²) in [5, 5.41) is 7.96. The van der Waals surface area contributed by atoms with Gasteiger partial charge in [-0.1, -0.05) is 13.8 Å². The molecular formula is C11H21N5. The Balaban J connectivity index is 2.24. The van der Waals surface area contributed by atoms with Crippen LogP contribution < -0.4 is 11.1 Å². The van der Waals surface area contributed by atoms with E-state index >= 15 is 0 Å². The number of aromatic nitrogens is 3. The van der Waals surface area contributed by atoms with Crippen molar-refractivity contribution in [3.05, 3.63) is 5.82 Å². The van der Waals surface area contributed by atoms with Crippen LogP contribution in [0, 0.1) is 0 Å². The number of hydrogen-bond donors (Lipinski definition) is 2. The zero-order valence-corrected chi connectivity index (χ0v) is 10.1. The Morgan fingerprint density at radius 3 is 2.88 bits per heavy atom. The predicted octanol–water partition coefficient (Wildman–Crippen LogP) is 1.32. The third-order valence-electron chi connectivity index (χ3n) is 3.24. The molecule has 0 bridgehead atoms. The van der Waals surface area contributed by atoms with Crippen molar-refractivity contribution in [3.63, 3.8) is 0 Å². The zero-order chi connectivity index (χ0) is 11.5. The van der Waals surface area contributed by atoms with Gasteiger partial charge in [-0.05, 0) is 25.8 Å². The van der Waals surface area contributed by atoms with Crippen LogP contribution in [0.5, 0.6) is 0 Å². The molecule has 0 amide bonds. The average molecular weight is 223 g/mol. The first kappa shape index (κ1) is 11.4. The predicted molar refractivity (Wildman–Crippen MR) is 64.4 cm³/mol. The lowest BCUT2D eigenvalue weighted by Crippen LogP contribution is -2.31. The number of hydrogen-bond acceptors (Lipinski definition) is 4. The van der Waals surface area contributed by atoms with Gasteiger partial charge in [0.1, 0.15) is 0 Å². The quantitative estimate of drug-likeness (QED) is 0.808. The Kier molecular flexibility index (Phi) is 3.43. The molecule has 1 aromatic heterocycles. The van der Waals surface area contributed by atoms with E-state index in [-0.39, 0.29) is 0 Å². The molecule has 3 N–H and O–H groups in total. The molecule has 5 nitrogen and oxygen atoms in total. The van der Waals surface area contributed by atoms with E-state index in [0.717, 1.165) is 37.5 Å². The lowest BCUT2D eigenvalue weighted by molar-refractivity contribution is 0.360. The van der Waals surface area contributed by atoms with Crippen molar-refractivity contribution in [3.8, 4) is 0 Å². The summed E-state index contributed by atoms with van der Waals surface area (Å²) < 4.78 is 2.04. The second-order valence-electron chi connectivity index (χ2n) is 4.38. The molecule has 2 heterocycles. The summed E-state index contributed by atoms with van der Waals surface area (Å²) in [4.78, 5) is 4.50. The van der Waals surface area contributed by atoms with Crippen LogP contribution in [0.3, 0.4) is 0 Å². The minimum atomic E-state index is 0.486. The molecule has 1 aliphatic rings. The first-order valence-electron chi connectivity index (χ1n) is 6.20. The first-order valence-corrected chi connectivity index (χ1v) is 6.20. The van der Waals surface area contributed by atoms with E-state index in [9.17, 15) is 0 Å². The van der Waals surface area contributed by atoms with Crippen molar-refractivity contribution in [2.45, 2.75) is 51.6 Å². The first-order chi connectivity index (χ1) is 7.78. The fraction of sp³-hybridized carbons (Fsp3) is 0.818. The van der Waals surface area contributed by atoms with E-state index in [1.165, 1.54) is 0 Å². The number of nitrogens with two attached hydrogens (primary N) is 1. The molecule has 1 aliphatic heterocycles. The van der Waals surface area contributed by atoms with Crippen LogP contribution in [0.2, 0.25) is 0 Å². The van der Waals surface area contributed by atoms with Gasteiger partial charge in [-0.15, -0.1) is 0 Å².